The van der Waals surface area contributed by atoms with Crippen LogP contribution >= 0.6 is 0 Å². The minimum atomic E-state index is -0.450. The van der Waals surface area contributed by atoms with Crippen molar-refractivity contribution < 1.29 is 13.9 Å². The van der Waals surface area contributed by atoms with Crippen LogP contribution in [0.25, 0.3) is 11.1 Å². The Hall–Kier alpha value is -3.21. The Bertz CT molecular complexity index is 1050. The molecule has 1 aliphatic heterocycles. The van der Waals surface area contributed by atoms with Gasteiger partial charge in [0.15, 0.2) is 11.6 Å². The Morgan fingerprint density at radius 2 is 1.93 bits per heavy atom. The molecule has 2 heterocycles. The zero-order chi connectivity index (χ0) is 21.1. The van der Waals surface area contributed by atoms with Crippen molar-refractivity contribution in [2.75, 3.05) is 13.7 Å². The van der Waals surface area contributed by atoms with Gasteiger partial charge in [0.1, 0.15) is 0 Å². The van der Waals surface area contributed by atoms with Gasteiger partial charge in [-0.15, -0.1) is 0 Å². The fraction of sp³-hybridized carbons (Fsp3) is 0.280. The third-order valence-electron chi connectivity index (χ3n) is 5.57. The van der Waals surface area contributed by atoms with Gasteiger partial charge in [-0.1, -0.05) is 36.4 Å². The van der Waals surface area contributed by atoms with Crippen LogP contribution in [0.4, 0.5) is 4.39 Å². The molecule has 0 N–H and O–H groups in total. The van der Waals surface area contributed by atoms with Gasteiger partial charge in [-0.05, 0) is 60.7 Å². The van der Waals surface area contributed by atoms with Crippen molar-refractivity contribution in [1.29, 1.82) is 0 Å². The molecule has 5 heteroatoms. The van der Waals surface area contributed by atoms with Gasteiger partial charge in [-0.3, -0.25) is 9.78 Å². The summed E-state index contributed by atoms with van der Waals surface area (Å²) in [6.45, 7) is 2.68. The van der Waals surface area contributed by atoms with E-state index in [0.29, 0.717) is 12.1 Å². The number of amides is 1. The van der Waals surface area contributed by atoms with Gasteiger partial charge < -0.3 is 9.64 Å². The number of ether oxygens (including phenoxy) is 1. The summed E-state index contributed by atoms with van der Waals surface area (Å²) in [6, 6.07) is 19.0. The quantitative estimate of drug-likeness (QED) is 0.593. The molecule has 1 aliphatic rings. The van der Waals surface area contributed by atoms with Crippen LogP contribution in [-0.2, 0) is 11.2 Å². The molecule has 0 aliphatic carbocycles. The Kier molecular flexibility index (Phi) is 5.79. The summed E-state index contributed by atoms with van der Waals surface area (Å²) < 4.78 is 19.0. The van der Waals surface area contributed by atoms with Gasteiger partial charge in [-0.25, -0.2) is 4.39 Å². The zero-order valence-electron chi connectivity index (χ0n) is 17.3. The van der Waals surface area contributed by atoms with Crippen molar-refractivity contribution in [3.8, 4) is 16.9 Å². The van der Waals surface area contributed by atoms with Crippen molar-refractivity contribution in [2.45, 2.75) is 32.2 Å². The van der Waals surface area contributed by atoms with E-state index in [0.717, 1.165) is 35.4 Å². The second-order valence-electron chi connectivity index (χ2n) is 7.68. The largest absolute Gasteiger partial charge is 0.494 e. The van der Waals surface area contributed by atoms with Crippen molar-refractivity contribution in [3.05, 3.63) is 83.4 Å². The third-order valence-corrected chi connectivity index (χ3v) is 5.57. The molecule has 0 spiro atoms. The van der Waals surface area contributed by atoms with Crippen LogP contribution in [-0.4, -0.2) is 29.4 Å². The van der Waals surface area contributed by atoms with Crippen molar-refractivity contribution in [1.82, 2.24) is 9.88 Å². The number of pyridine rings is 1. The first kappa shape index (κ1) is 20.1. The van der Waals surface area contributed by atoms with Crippen LogP contribution in [0, 0.1) is 12.7 Å². The van der Waals surface area contributed by atoms with Crippen LogP contribution in [0.2, 0.25) is 0 Å². The molecule has 2 aromatic carbocycles. The number of likely N-dealkylation sites (tertiary alicyclic amines) is 1. The highest BCUT2D eigenvalue weighted by Gasteiger charge is 2.31. The summed E-state index contributed by atoms with van der Waals surface area (Å²) in [7, 11) is 1.43. The molecule has 1 atom stereocenters. The fourth-order valence-corrected chi connectivity index (χ4v) is 4.13. The molecule has 0 radical (unpaired) electrons. The number of halogens is 1. The van der Waals surface area contributed by atoms with E-state index >= 15 is 0 Å². The Morgan fingerprint density at radius 1 is 1.13 bits per heavy atom. The normalized spacial score (nSPS) is 16.0. The van der Waals surface area contributed by atoms with E-state index in [9.17, 15) is 9.18 Å². The smallest absolute Gasteiger partial charge is 0.227 e. The number of carbonyl (C=O) groups is 1. The number of hydrogen-bond acceptors (Lipinski definition) is 3. The van der Waals surface area contributed by atoms with Crippen molar-refractivity contribution in [2.24, 2.45) is 0 Å². The highest BCUT2D eigenvalue weighted by molar-refractivity contribution is 5.79. The van der Waals surface area contributed by atoms with Gasteiger partial charge >= 0.3 is 0 Å². The minimum absolute atomic E-state index is 0.00775. The molecule has 30 heavy (non-hydrogen) atoms. The van der Waals surface area contributed by atoms with E-state index < -0.39 is 5.82 Å². The summed E-state index contributed by atoms with van der Waals surface area (Å²) in [4.78, 5) is 19.7. The number of carbonyl (C=O) groups excluding carboxylic acids is 1. The minimum Gasteiger partial charge on any atom is -0.494 e. The van der Waals surface area contributed by atoms with E-state index in [-0.39, 0.29) is 24.1 Å². The highest BCUT2D eigenvalue weighted by Crippen LogP contribution is 2.34. The van der Waals surface area contributed by atoms with E-state index in [1.807, 2.05) is 30.0 Å². The predicted molar refractivity (Wildman–Crippen MR) is 115 cm³/mol. The zero-order valence-corrected chi connectivity index (χ0v) is 17.3. The van der Waals surface area contributed by atoms with E-state index in [4.69, 9.17) is 9.72 Å². The van der Waals surface area contributed by atoms with Gasteiger partial charge in [0, 0.05) is 12.2 Å². The lowest BCUT2D eigenvalue weighted by molar-refractivity contribution is -0.131. The van der Waals surface area contributed by atoms with Gasteiger partial charge in [0.25, 0.3) is 0 Å². The maximum Gasteiger partial charge on any atom is 0.227 e. The standard InChI is InChI=1S/C25H25FN2O2/c1-17-13-20(19-7-4-3-5-8-19)16-22(27-17)23-9-6-12-28(23)25(29)15-18-10-11-24(30-2)21(26)14-18/h3-5,7-8,10-11,13-14,16,23H,6,9,12,15H2,1-2H3/t23-/m1/s1. The molecule has 1 fully saturated rings. The van der Waals surface area contributed by atoms with Crippen LogP contribution in [0.15, 0.2) is 60.7 Å². The average Bonchev–Trinajstić information content (AvgIpc) is 3.24. The average molecular weight is 404 g/mol. The first-order chi connectivity index (χ1) is 14.5. The number of aromatic nitrogens is 1. The van der Waals surface area contributed by atoms with Gasteiger partial charge in [0.2, 0.25) is 5.91 Å². The van der Waals surface area contributed by atoms with E-state index in [1.54, 1.807) is 12.1 Å². The van der Waals surface area contributed by atoms with E-state index in [2.05, 4.69) is 24.3 Å². The third kappa shape index (κ3) is 4.20. The molecule has 4 rings (SSSR count). The lowest BCUT2D eigenvalue weighted by atomic mass is 10.0. The number of hydrogen-bond donors (Lipinski definition) is 0. The molecule has 1 aromatic heterocycles. The highest BCUT2D eigenvalue weighted by atomic mass is 19.1. The first-order valence-electron chi connectivity index (χ1n) is 10.2. The molecule has 1 saturated heterocycles. The Morgan fingerprint density at radius 3 is 2.67 bits per heavy atom. The van der Waals surface area contributed by atoms with Crippen LogP contribution in [0.5, 0.6) is 5.75 Å². The molecule has 1 amide bonds. The maximum absolute atomic E-state index is 14.0. The van der Waals surface area contributed by atoms with Crippen LogP contribution in [0.1, 0.15) is 35.8 Å². The molecular weight excluding hydrogens is 379 g/mol. The maximum atomic E-state index is 14.0. The topological polar surface area (TPSA) is 42.4 Å². The molecule has 3 aromatic rings. The monoisotopic (exact) mass is 404 g/mol. The predicted octanol–water partition coefficient (Wildman–Crippen LogP) is 5.11. The number of rotatable bonds is 5. The molecular formula is C25H25FN2O2. The van der Waals surface area contributed by atoms with Crippen LogP contribution in [0.3, 0.4) is 0 Å². The second kappa shape index (κ2) is 8.66. The summed E-state index contributed by atoms with van der Waals surface area (Å²) in [6.07, 6.45) is 1.98. The number of nitrogens with zero attached hydrogens (tertiary/aromatic N) is 2. The first-order valence-corrected chi connectivity index (χ1v) is 10.2. The lowest BCUT2D eigenvalue weighted by Crippen LogP contribution is -2.32. The summed E-state index contributed by atoms with van der Waals surface area (Å²) in [5.41, 5.74) is 4.73. The second-order valence-corrected chi connectivity index (χ2v) is 7.68. The fourth-order valence-electron chi connectivity index (χ4n) is 4.13. The Balaban J connectivity index is 1.57. The summed E-state index contributed by atoms with van der Waals surface area (Å²) in [5, 5.41) is 0. The SMILES string of the molecule is COc1ccc(CC(=O)N2CCC[C@@H]2c2cc(-c3ccccc3)cc(C)n2)cc1F. The van der Waals surface area contributed by atoms with Crippen molar-refractivity contribution >= 4 is 5.91 Å². The van der Waals surface area contributed by atoms with Gasteiger partial charge in [-0.2, -0.15) is 0 Å². The van der Waals surface area contributed by atoms with E-state index in [1.165, 1.54) is 13.2 Å². The summed E-state index contributed by atoms with van der Waals surface area (Å²) >= 11 is 0. The molecule has 0 saturated carbocycles. The Labute approximate surface area is 176 Å². The molecule has 4 nitrogen and oxygen atoms in total. The van der Waals surface area contributed by atoms with Crippen molar-refractivity contribution in [3.63, 3.8) is 0 Å². The molecule has 0 unspecified atom stereocenters. The molecule has 0 bridgehead atoms. The lowest BCUT2D eigenvalue weighted by Gasteiger charge is -2.25. The van der Waals surface area contributed by atoms with Gasteiger partial charge in [0.05, 0.1) is 25.3 Å². The number of methoxy groups -OCH3 is 1. The van der Waals surface area contributed by atoms with Crippen LogP contribution < -0.4 is 4.74 Å². The number of aryl methyl sites for hydroxylation is 1. The molecule has 154 valence electrons. The summed E-state index contributed by atoms with van der Waals surface area (Å²) in [5.74, 6) is -0.275. The number of benzene rings is 2.